The van der Waals surface area contributed by atoms with Crippen molar-refractivity contribution in [2.24, 2.45) is 0 Å². The summed E-state index contributed by atoms with van der Waals surface area (Å²) >= 11 is 0. The summed E-state index contributed by atoms with van der Waals surface area (Å²) in [4.78, 5) is 15.1. The van der Waals surface area contributed by atoms with Crippen molar-refractivity contribution in [3.8, 4) is 6.07 Å². The Hall–Kier alpha value is -3.06. The Labute approximate surface area is 173 Å². The third-order valence-corrected chi connectivity index (χ3v) is 5.37. The van der Waals surface area contributed by atoms with E-state index < -0.39 is 0 Å². The molecule has 2 aromatic rings. The van der Waals surface area contributed by atoms with Crippen LogP contribution in [0.25, 0.3) is 6.08 Å². The van der Waals surface area contributed by atoms with Crippen LogP contribution in [-0.4, -0.2) is 19.0 Å². The smallest absolute Gasteiger partial charge is 0.262 e. The van der Waals surface area contributed by atoms with Gasteiger partial charge in [-0.2, -0.15) is 5.26 Å². The Morgan fingerprint density at radius 2 is 1.79 bits per heavy atom. The zero-order valence-electron chi connectivity index (χ0n) is 17.1. The topological polar surface area (TPSA) is 56.1 Å². The monoisotopic (exact) mass is 387 g/mol. The van der Waals surface area contributed by atoms with E-state index in [0.29, 0.717) is 0 Å². The maximum atomic E-state index is 12.7. The molecule has 3 rings (SSSR count). The summed E-state index contributed by atoms with van der Waals surface area (Å²) in [7, 11) is 0. The van der Waals surface area contributed by atoms with Gasteiger partial charge in [0.15, 0.2) is 0 Å². The molecule has 1 fully saturated rings. The minimum Gasteiger partial charge on any atom is -0.372 e. The molecule has 1 aliphatic heterocycles. The first kappa shape index (κ1) is 20.7. The number of piperidine rings is 1. The highest BCUT2D eigenvalue weighted by atomic mass is 16.1. The van der Waals surface area contributed by atoms with Gasteiger partial charge in [-0.05, 0) is 55.0 Å². The zero-order valence-corrected chi connectivity index (χ0v) is 17.1. The fourth-order valence-corrected chi connectivity index (χ4v) is 3.78. The Morgan fingerprint density at radius 3 is 2.41 bits per heavy atom. The van der Waals surface area contributed by atoms with Gasteiger partial charge in [-0.15, -0.1) is 0 Å². The Bertz CT molecular complexity index is 859. The first-order valence-corrected chi connectivity index (χ1v) is 10.5. The average Bonchev–Trinajstić information content (AvgIpc) is 2.78. The second kappa shape index (κ2) is 10.5. The Balaban J connectivity index is 1.71. The summed E-state index contributed by atoms with van der Waals surface area (Å²) < 4.78 is 0. The molecule has 0 saturated carbocycles. The number of benzene rings is 2. The number of carbonyl (C=O) groups excluding carboxylic acids is 1. The quantitative estimate of drug-likeness (QED) is 0.522. The van der Waals surface area contributed by atoms with Crippen molar-refractivity contribution >= 4 is 17.7 Å². The van der Waals surface area contributed by atoms with Gasteiger partial charge in [-0.25, -0.2) is 0 Å². The van der Waals surface area contributed by atoms with E-state index in [-0.39, 0.29) is 17.5 Å². The highest BCUT2D eigenvalue weighted by Gasteiger charge is 2.17. The second-order valence-electron chi connectivity index (χ2n) is 7.53. The van der Waals surface area contributed by atoms with Crippen molar-refractivity contribution in [2.75, 3.05) is 18.0 Å². The van der Waals surface area contributed by atoms with Crippen LogP contribution in [0.2, 0.25) is 0 Å². The summed E-state index contributed by atoms with van der Waals surface area (Å²) in [6.07, 6.45) is 7.23. The van der Waals surface area contributed by atoms with Gasteiger partial charge in [0.2, 0.25) is 0 Å². The Kier molecular flexibility index (Phi) is 7.47. The van der Waals surface area contributed by atoms with Crippen molar-refractivity contribution in [2.45, 2.75) is 45.1 Å². The zero-order chi connectivity index (χ0) is 20.5. The van der Waals surface area contributed by atoms with Crippen LogP contribution in [0.15, 0.2) is 60.2 Å². The van der Waals surface area contributed by atoms with Crippen LogP contribution in [0.4, 0.5) is 5.69 Å². The van der Waals surface area contributed by atoms with Crippen molar-refractivity contribution in [3.05, 3.63) is 71.3 Å². The van der Waals surface area contributed by atoms with E-state index >= 15 is 0 Å². The molecular weight excluding hydrogens is 358 g/mol. The number of nitriles is 1. The third kappa shape index (κ3) is 5.71. The maximum Gasteiger partial charge on any atom is 0.262 e. The predicted octanol–water partition coefficient (Wildman–Crippen LogP) is 5.24. The molecule has 0 aliphatic carbocycles. The number of hydrogen-bond acceptors (Lipinski definition) is 3. The molecule has 1 amide bonds. The van der Waals surface area contributed by atoms with Crippen LogP contribution in [0.3, 0.4) is 0 Å². The van der Waals surface area contributed by atoms with Gasteiger partial charge in [-0.3, -0.25) is 4.79 Å². The molecule has 1 heterocycles. The van der Waals surface area contributed by atoms with E-state index in [1.165, 1.54) is 24.9 Å². The van der Waals surface area contributed by atoms with Gasteiger partial charge in [0.05, 0.1) is 6.04 Å². The van der Waals surface area contributed by atoms with Crippen molar-refractivity contribution < 1.29 is 4.79 Å². The van der Waals surface area contributed by atoms with Crippen LogP contribution < -0.4 is 10.2 Å². The average molecular weight is 388 g/mol. The van der Waals surface area contributed by atoms with Gasteiger partial charge < -0.3 is 10.2 Å². The van der Waals surface area contributed by atoms with Gasteiger partial charge in [-0.1, -0.05) is 55.8 Å². The molecule has 150 valence electrons. The van der Waals surface area contributed by atoms with Crippen LogP contribution in [0.1, 0.15) is 56.2 Å². The molecule has 29 heavy (non-hydrogen) atoms. The van der Waals surface area contributed by atoms with E-state index in [4.69, 9.17) is 0 Å². The lowest BCUT2D eigenvalue weighted by Crippen LogP contribution is -2.29. The van der Waals surface area contributed by atoms with E-state index in [9.17, 15) is 10.1 Å². The van der Waals surface area contributed by atoms with Crippen LogP contribution in [0.5, 0.6) is 0 Å². The van der Waals surface area contributed by atoms with Crippen molar-refractivity contribution in [1.82, 2.24) is 5.32 Å². The second-order valence-corrected chi connectivity index (χ2v) is 7.53. The first-order chi connectivity index (χ1) is 14.2. The number of nitrogens with zero attached hydrogens (tertiary/aromatic N) is 2. The molecule has 1 N–H and O–H groups in total. The molecule has 4 heteroatoms. The minimum atomic E-state index is -0.324. The third-order valence-electron chi connectivity index (χ3n) is 5.37. The van der Waals surface area contributed by atoms with Gasteiger partial charge in [0.25, 0.3) is 5.91 Å². The molecule has 0 unspecified atom stereocenters. The van der Waals surface area contributed by atoms with Crippen molar-refractivity contribution in [1.29, 1.82) is 5.26 Å². The van der Waals surface area contributed by atoms with Crippen LogP contribution in [-0.2, 0) is 4.79 Å². The van der Waals surface area contributed by atoms with E-state index in [2.05, 4.69) is 35.3 Å². The molecule has 4 nitrogen and oxygen atoms in total. The molecule has 1 saturated heterocycles. The van der Waals surface area contributed by atoms with Crippen molar-refractivity contribution in [3.63, 3.8) is 0 Å². The lowest BCUT2D eigenvalue weighted by Gasteiger charge is -2.28. The fraction of sp³-hybridized carbons (Fsp3) is 0.360. The lowest BCUT2D eigenvalue weighted by molar-refractivity contribution is -0.117. The normalized spacial score (nSPS) is 15.4. The number of nitrogens with one attached hydrogen (secondary N) is 1. The number of anilines is 1. The summed E-state index contributed by atoms with van der Waals surface area (Å²) in [6.45, 7) is 4.28. The van der Waals surface area contributed by atoms with Gasteiger partial charge >= 0.3 is 0 Å². The maximum absolute atomic E-state index is 12.7. The molecule has 1 aliphatic rings. The largest absolute Gasteiger partial charge is 0.372 e. The fourth-order valence-electron chi connectivity index (χ4n) is 3.78. The van der Waals surface area contributed by atoms with E-state index in [1.807, 2.05) is 42.5 Å². The number of amides is 1. The van der Waals surface area contributed by atoms with Gasteiger partial charge in [0.1, 0.15) is 11.6 Å². The Morgan fingerprint density at radius 1 is 1.10 bits per heavy atom. The lowest BCUT2D eigenvalue weighted by atomic mass is 10.0. The summed E-state index contributed by atoms with van der Waals surface area (Å²) in [5, 5.41) is 12.6. The standard InChI is InChI=1S/C25H29N3O/c1-2-9-24(21-10-5-3-6-11-21)27-25(29)22(19-26)18-20-12-14-23(15-13-20)28-16-7-4-8-17-28/h3,5-6,10-15,18,24H,2,4,7-9,16-17H2,1H3,(H,27,29)/t24-/m0/s1. The van der Waals surface area contributed by atoms with Gasteiger partial charge in [0, 0.05) is 18.8 Å². The number of hydrogen-bond donors (Lipinski definition) is 1. The predicted molar refractivity (Wildman–Crippen MR) is 118 cm³/mol. The summed E-state index contributed by atoms with van der Waals surface area (Å²) in [5.74, 6) is -0.324. The van der Waals surface area contributed by atoms with E-state index in [0.717, 1.165) is 37.1 Å². The first-order valence-electron chi connectivity index (χ1n) is 10.5. The van der Waals surface area contributed by atoms with Crippen LogP contribution in [0, 0.1) is 11.3 Å². The van der Waals surface area contributed by atoms with E-state index in [1.54, 1.807) is 6.08 Å². The molecule has 0 aromatic heterocycles. The summed E-state index contributed by atoms with van der Waals surface area (Å²) in [6, 6.07) is 20.0. The molecular formula is C25H29N3O. The minimum absolute atomic E-state index is 0.0908. The SMILES string of the molecule is CCC[C@H](NC(=O)C(C#N)=Cc1ccc(N2CCCCC2)cc1)c1ccccc1. The molecule has 1 atom stereocenters. The molecule has 0 bridgehead atoms. The highest BCUT2D eigenvalue weighted by Crippen LogP contribution is 2.22. The highest BCUT2D eigenvalue weighted by molar-refractivity contribution is 6.01. The summed E-state index contributed by atoms with van der Waals surface area (Å²) in [5.41, 5.74) is 3.26. The number of carbonyl (C=O) groups is 1. The molecule has 0 spiro atoms. The number of rotatable bonds is 7. The molecule has 2 aromatic carbocycles. The molecule has 0 radical (unpaired) electrons. The van der Waals surface area contributed by atoms with Crippen LogP contribution >= 0.6 is 0 Å².